The van der Waals surface area contributed by atoms with Crippen molar-refractivity contribution in [1.82, 2.24) is 19.6 Å². The van der Waals surface area contributed by atoms with Crippen LogP contribution in [0.1, 0.15) is 0 Å². The Labute approximate surface area is 168 Å². The van der Waals surface area contributed by atoms with Gasteiger partial charge in [-0.2, -0.15) is 4.72 Å². The molecule has 2 N–H and O–H groups in total. The first-order chi connectivity index (χ1) is 13.4. The fourth-order valence-corrected chi connectivity index (χ4v) is 4.14. The minimum absolute atomic E-state index is 0.0332. The molecule has 1 saturated heterocycles. The maximum Gasteiger partial charge on any atom is 0.243 e. The van der Waals surface area contributed by atoms with Crippen LogP contribution in [0.3, 0.4) is 0 Å². The van der Waals surface area contributed by atoms with Crippen molar-refractivity contribution in [1.29, 1.82) is 0 Å². The lowest BCUT2D eigenvalue weighted by atomic mass is 10.2. The number of nitrogens with one attached hydrogen (secondary N) is 1. The lowest BCUT2D eigenvalue weighted by Gasteiger charge is -2.36. The van der Waals surface area contributed by atoms with E-state index in [0.29, 0.717) is 37.1 Å². The van der Waals surface area contributed by atoms with Crippen LogP contribution in [0.5, 0.6) is 0 Å². The summed E-state index contributed by atoms with van der Waals surface area (Å²) < 4.78 is 27.2. The number of carbonyl (C=O) groups is 1. The zero-order valence-electron chi connectivity index (χ0n) is 14.9. The molecule has 1 aliphatic heterocycles. The minimum atomic E-state index is -3.97. The topological polar surface area (TPSA) is 116 Å². The number of rotatable bonds is 6. The van der Waals surface area contributed by atoms with Gasteiger partial charge in [0.15, 0.2) is 0 Å². The second kappa shape index (κ2) is 8.82. The highest BCUT2D eigenvalue weighted by Gasteiger charge is 2.31. The SMILES string of the molecule is O=C([C@H](CO)NS(=O)(=O)c1ccc(Cl)cc1)N1CCN(c2ncccn2)CC1. The average Bonchev–Trinajstić information content (AvgIpc) is 2.72. The summed E-state index contributed by atoms with van der Waals surface area (Å²) in [6, 6.07) is 6.01. The number of carbonyl (C=O) groups excluding carboxylic acids is 1. The van der Waals surface area contributed by atoms with E-state index in [4.69, 9.17) is 11.6 Å². The normalized spacial score (nSPS) is 16.1. The summed E-state index contributed by atoms with van der Waals surface area (Å²) >= 11 is 5.77. The Balaban J connectivity index is 1.63. The fourth-order valence-electron chi connectivity index (χ4n) is 2.84. The summed E-state index contributed by atoms with van der Waals surface area (Å²) in [5, 5.41) is 9.98. The van der Waals surface area contributed by atoms with Gasteiger partial charge in [0.1, 0.15) is 6.04 Å². The van der Waals surface area contributed by atoms with Gasteiger partial charge < -0.3 is 14.9 Å². The molecule has 1 fully saturated rings. The second-order valence-corrected chi connectivity index (χ2v) is 8.32. The molecular formula is C17H20ClN5O4S. The zero-order valence-corrected chi connectivity index (χ0v) is 16.5. The molecule has 0 aliphatic carbocycles. The van der Waals surface area contributed by atoms with Gasteiger partial charge in [-0.05, 0) is 30.3 Å². The first-order valence-corrected chi connectivity index (χ1v) is 10.5. The molecule has 11 heteroatoms. The molecule has 1 aromatic carbocycles. The Morgan fingerprint density at radius 1 is 1.14 bits per heavy atom. The predicted molar refractivity (Wildman–Crippen MR) is 103 cm³/mol. The van der Waals surface area contributed by atoms with E-state index in [9.17, 15) is 18.3 Å². The number of anilines is 1. The molecule has 0 saturated carbocycles. The van der Waals surface area contributed by atoms with Crippen molar-refractivity contribution in [3.63, 3.8) is 0 Å². The maximum absolute atomic E-state index is 12.7. The van der Waals surface area contributed by atoms with E-state index in [1.54, 1.807) is 18.5 Å². The third-order valence-corrected chi connectivity index (χ3v) is 6.07. The summed E-state index contributed by atoms with van der Waals surface area (Å²) in [6.45, 7) is 1.12. The number of aliphatic hydroxyl groups is 1. The van der Waals surface area contributed by atoms with Crippen LogP contribution in [-0.2, 0) is 14.8 Å². The molecule has 28 heavy (non-hydrogen) atoms. The van der Waals surface area contributed by atoms with E-state index in [-0.39, 0.29) is 4.90 Å². The number of aromatic nitrogens is 2. The third kappa shape index (κ3) is 4.76. The summed E-state index contributed by atoms with van der Waals surface area (Å²) in [6.07, 6.45) is 3.29. The van der Waals surface area contributed by atoms with Gasteiger partial charge in [-0.15, -0.1) is 0 Å². The van der Waals surface area contributed by atoms with E-state index >= 15 is 0 Å². The van der Waals surface area contributed by atoms with Crippen molar-refractivity contribution >= 4 is 33.5 Å². The van der Waals surface area contributed by atoms with Crippen LogP contribution in [0.15, 0.2) is 47.6 Å². The Hall–Kier alpha value is -2.27. The lowest BCUT2D eigenvalue weighted by molar-refractivity contribution is -0.134. The average molecular weight is 426 g/mol. The van der Waals surface area contributed by atoms with Crippen LogP contribution in [0.25, 0.3) is 0 Å². The molecule has 1 atom stereocenters. The summed E-state index contributed by atoms with van der Waals surface area (Å²) in [7, 11) is -3.97. The Morgan fingerprint density at radius 2 is 1.75 bits per heavy atom. The largest absolute Gasteiger partial charge is 0.394 e. The van der Waals surface area contributed by atoms with Gasteiger partial charge in [0, 0.05) is 43.6 Å². The van der Waals surface area contributed by atoms with Crippen molar-refractivity contribution in [2.45, 2.75) is 10.9 Å². The number of nitrogens with zero attached hydrogens (tertiary/aromatic N) is 4. The third-order valence-electron chi connectivity index (χ3n) is 4.33. The van der Waals surface area contributed by atoms with Crippen LogP contribution in [0.2, 0.25) is 5.02 Å². The highest BCUT2D eigenvalue weighted by Crippen LogP contribution is 2.15. The first-order valence-electron chi connectivity index (χ1n) is 8.60. The van der Waals surface area contributed by atoms with Gasteiger partial charge >= 0.3 is 0 Å². The Morgan fingerprint density at radius 3 is 2.32 bits per heavy atom. The van der Waals surface area contributed by atoms with Crippen LogP contribution >= 0.6 is 11.6 Å². The van der Waals surface area contributed by atoms with Crippen LogP contribution in [0, 0.1) is 0 Å². The highest BCUT2D eigenvalue weighted by atomic mass is 35.5. The summed E-state index contributed by atoms with van der Waals surface area (Å²) in [5.41, 5.74) is 0. The molecule has 0 radical (unpaired) electrons. The molecule has 0 bridgehead atoms. The van der Waals surface area contributed by atoms with E-state index < -0.39 is 28.6 Å². The molecule has 0 unspecified atom stereocenters. The molecular weight excluding hydrogens is 406 g/mol. The molecule has 0 spiro atoms. The highest BCUT2D eigenvalue weighted by molar-refractivity contribution is 7.89. The zero-order chi connectivity index (χ0) is 20.1. The number of sulfonamides is 1. The first kappa shape index (κ1) is 20.5. The Kier molecular flexibility index (Phi) is 6.45. The van der Waals surface area contributed by atoms with Gasteiger partial charge in [-0.25, -0.2) is 18.4 Å². The molecule has 1 aliphatic rings. The van der Waals surface area contributed by atoms with Gasteiger partial charge in [0.25, 0.3) is 0 Å². The number of hydrogen-bond donors (Lipinski definition) is 2. The van der Waals surface area contributed by atoms with E-state index in [1.165, 1.54) is 29.2 Å². The van der Waals surface area contributed by atoms with Crippen molar-refractivity contribution in [3.8, 4) is 0 Å². The lowest BCUT2D eigenvalue weighted by Crippen LogP contribution is -2.56. The van der Waals surface area contributed by atoms with E-state index in [2.05, 4.69) is 14.7 Å². The molecule has 1 aromatic heterocycles. The standard InChI is InChI=1S/C17H20ClN5O4S/c18-13-2-4-14(5-3-13)28(26,27)21-15(12-24)16(25)22-8-10-23(11-9-22)17-19-6-1-7-20-17/h1-7,15,21,24H,8-12H2/t15-/m0/s1. The fraction of sp³-hybridized carbons (Fsp3) is 0.353. The number of aliphatic hydroxyl groups excluding tert-OH is 1. The number of amides is 1. The van der Waals surface area contributed by atoms with Crippen molar-refractivity contribution < 1.29 is 18.3 Å². The van der Waals surface area contributed by atoms with Crippen LogP contribution in [0.4, 0.5) is 5.95 Å². The van der Waals surface area contributed by atoms with Crippen LogP contribution < -0.4 is 9.62 Å². The maximum atomic E-state index is 12.7. The van der Waals surface area contributed by atoms with E-state index in [1.807, 2.05) is 4.90 Å². The van der Waals surface area contributed by atoms with Gasteiger partial charge in [-0.3, -0.25) is 4.79 Å². The molecule has 2 aromatic rings. The van der Waals surface area contributed by atoms with Crippen molar-refractivity contribution in [2.24, 2.45) is 0 Å². The van der Waals surface area contributed by atoms with Gasteiger partial charge in [0.05, 0.1) is 11.5 Å². The monoisotopic (exact) mass is 425 g/mol. The van der Waals surface area contributed by atoms with Gasteiger partial charge in [-0.1, -0.05) is 11.6 Å². The number of piperazine rings is 1. The number of benzene rings is 1. The number of halogens is 1. The van der Waals surface area contributed by atoms with Gasteiger partial charge in [0.2, 0.25) is 21.9 Å². The van der Waals surface area contributed by atoms with Crippen LogP contribution in [-0.4, -0.2) is 73.1 Å². The molecule has 9 nitrogen and oxygen atoms in total. The molecule has 150 valence electrons. The second-order valence-electron chi connectivity index (χ2n) is 6.17. The Bertz CT molecular complexity index is 903. The molecule has 2 heterocycles. The molecule has 3 rings (SSSR count). The van der Waals surface area contributed by atoms with E-state index in [0.717, 1.165) is 0 Å². The number of hydrogen-bond acceptors (Lipinski definition) is 7. The van der Waals surface area contributed by atoms with Crippen molar-refractivity contribution in [3.05, 3.63) is 47.7 Å². The minimum Gasteiger partial charge on any atom is -0.394 e. The predicted octanol–water partition coefficient (Wildman–Crippen LogP) is 0.118. The summed E-state index contributed by atoms with van der Waals surface area (Å²) in [4.78, 5) is 24.5. The van der Waals surface area contributed by atoms with Crippen molar-refractivity contribution in [2.75, 3.05) is 37.7 Å². The molecule has 1 amide bonds. The quantitative estimate of drug-likeness (QED) is 0.675. The smallest absolute Gasteiger partial charge is 0.243 e. The summed E-state index contributed by atoms with van der Waals surface area (Å²) in [5.74, 6) is 0.102.